The average molecular weight is 420 g/mol. The van der Waals surface area contributed by atoms with Crippen molar-refractivity contribution < 1.29 is 18.8 Å². The average Bonchev–Trinajstić information content (AvgIpc) is 3.23. The largest absolute Gasteiger partial charge is 0.485 e. The fraction of sp³-hybridized carbons (Fsp3) is 0.304. The fourth-order valence-electron chi connectivity index (χ4n) is 3.53. The molecule has 1 aromatic heterocycles. The van der Waals surface area contributed by atoms with Gasteiger partial charge < -0.3 is 19.5 Å². The molecule has 0 bridgehead atoms. The molecule has 0 radical (unpaired) electrons. The standard InChI is InChI=1S/C23H24N4O4/c1-16-24-21(26-31-16)15-30-20-9-7-18(8-10-20)23(29)27-13-11-17(12-14-27)22(28)25-19-5-3-2-4-6-19/h2-10,17H,11-15H2,1H3,(H,25,28). The summed E-state index contributed by atoms with van der Waals surface area (Å²) in [6, 6.07) is 16.4. The normalized spacial score (nSPS) is 14.3. The highest BCUT2D eigenvalue weighted by Crippen LogP contribution is 2.22. The van der Waals surface area contributed by atoms with E-state index in [9.17, 15) is 9.59 Å². The number of piperidine rings is 1. The number of carbonyl (C=O) groups is 2. The molecule has 160 valence electrons. The monoisotopic (exact) mass is 420 g/mol. The van der Waals surface area contributed by atoms with Crippen LogP contribution in [-0.2, 0) is 11.4 Å². The summed E-state index contributed by atoms with van der Waals surface area (Å²) in [4.78, 5) is 31.2. The van der Waals surface area contributed by atoms with Gasteiger partial charge in [0, 0.05) is 37.2 Å². The number of anilines is 1. The maximum Gasteiger partial charge on any atom is 0.253 e. The van der Waals surface area contributed by atoms with Gasteiger partial charge in [0.25, 0.3) is 5.91 Å². The highest BCUT2D eigenvalue weighted by atomic mass is 16.5. The molecule has 1 saturated heterocycles. The molecule has 0 saturated carbocycles. The van der Waals surface area contributed by atoms with Gasteiger partial charge in [0.1, 0.15) is 5.75 Å². The first-order valence-electron chi connectivity index (χ1n) is 10.3. The van der Waals surface area contributed by atoms with Crippen LogP contribution in [0.2, 0.25) is 0 Å². The molecule has 1 aliphatic rings. The minimum Gasteiger partial charge on any atom is -0.485 e. The van der Waals surface area contributed by atoms with Crippen molar-refractivity contribution in [1.82, 2.24) is 15.0 Å². The molecule has 0 aliphatic carbocycles. The summed E-state index contributed by atoms with van der Waals surface area (Å²) in [6.45, 7) is 3.03. The predicted octanol–water partition coefficient (Wildman–Crippen LogP) is 3.45. The first-order chi connectivity index (χ1) is 15.1. The molecule has 8 nitrogen and oxygen atoms in total. The second-order valence-electron chi connectivity index (χ2n) is 7.46. The number of aromatic nitrogens is 2. The van der Waals surface area contributed by atoms with Crippen LogP contribution < -0.4 is 10.1 Å². The van der Waals surface area contributed by atoms with Crippen LogP contribution in [0.4, 0.5) is 5.69 Å². The molecule has 0 spiro atoms. The maximum atomic E-state index is 12.8. The van der Waals surface area contributed by atoms with Gasteiger partial charge in [-0.1, -0.05) is 23.4 Å². The van der Waals surface area contributed by atoms with Crippen LogP contribution in [0.3, 0.4) is 0 Å². The number of benzene rings is 2. The second-order valence-corrected chi connectivity index (χ2v) is 7.46. The number of carbonyl (C=O) groups excluding carboxylic acids is 2. The fourth-order valence-corrected chi connectivity index (χ4v) is 3.53. The summed E-state index contributed by atoms with van der Waals surface area (Å²) in [7, 11) is 0. The van der Waals surface area contributed by atoms with Crippen LogP contribution in [0.1, 0.15) is 34.9 Å². The lowest BCUT2D eigenvalue weighted by Gasteiger charge is -2.31. The zero-order valence-corrected chi connectivity index (χ0v) is 17.3. The molecule has 3 aromatic rings. The van der Waals surface area contributed by atoms with E-state index in [0.29, 0.717) is 49.0 Å². The first kappa shape index (κ1) is 20.6. The van der Waals surface area contributed by atoms with E-state index >= 15 is 0 Å². The highest BCUT2D eigenvalue weighted by Gasteiger charge is 2.27. The number of nitrogens with one attached hydrogen (secondary N) is 1. The van der Waals surface area contributed by atoms with Gasteiger partial charge in [-0.3, -0.25) is 9.59 Å². The van der Waals surface area contributed by atoms with Crippen LogP contribution in [0, 0.1) is 12.8 Å². The molecule has 2 aromatic carbocycles. The number of nitrogens with zero attached hydrogens (tertiary/aromatic N) is 3. The number of rotatable bonds is 6. The Hall–Kier alpha value is -3.68. The van der Waals surface area contributed by atoms with Crippen LogP contribution in [-0.4, -0.2) is 39.9 Å². The number of para-hydroxylation sites is 1. The molecule has 8 heteroatoms. The number of amides is 2. The first-order valence-corrected chi connectivity index (χ1v) is 10.3. The molecule has 1 N–H and O–H groups in total. The van der Waals surface area contributed by atoms with Gasteiger partial charge in [-0.2, -0.15) is 4.98 Å². The van der Waals surface area contributed by atoms with Gasteiger partial charge in [-0.05, 0) is 49.2 Å². The van der Waals surface area contributed by atoms with Crippen molar-refractivity contribution >= 4 is 17.5 Å². The van der Waals surface area contributed by atoms with Crippen molar-refractivity contribution in [3.8, 4) is 5.75 Å². The van der Waals surface area contributed by atoms with Gasteiger partial charge >= 0.3 is 0 Å². The highest BCUT2D eigenvalue weighted by molar-refractivity contribution is 5.95. The molecule has 1 aliphatic heterocycles. The summed E-state index contributed by atoms with van der Waals surface area (Å²) < 4.78 is 10.5. The summed E-state index contributed by atoms with van der Waals surface area (Å²) in [5.74, 6) is 1.46. The van der Waals surface area contributed by atoms with Gasteiger partial charge in [0.2, 0.25) is 17.6 Å². The minimum absolute atomic E-state index is 0.0107. The van der Waals surface area contributed by atoms with E-state index in [1.165, 1.54) is 0 Å². The number of ether oxygens (including phenoxy) is 1. The molecular weight excluding hydrogens is 396 g/mol. The quantitative estimate of drug-likeness (QED) is 0.656. The van der Waals surface area contributed by atoms with Gasteiger partial charge in [-0.15, -0.1) is 0 Å². The van der Waals surface area contributed by atoms with E-state index in [4.69, 9.17) is 9.26 Å². The molecule has 0 unspecified atom stereocenters. The molecule has 2 amide bonds. The summed E-state index contributed by atoms with van der Waals surface area (Å²) in [5.41, 5.74) is 1.39. The Morgan fingerprint density at radius 1 is 1.10 bits per heavy atom. The smallest absolute Gasteiger partial charge is 0.253 e. The summed E-state index contributed by atoms with van der Waals surface area (Å²) >= 11 is 0. The van der Waals surface area contributed by atoms with Crippen LogP contribution in [0.15, 0.2) is 59.1 Å². The molecule has 1 fully saturated rings. The molecule has 31 heavy (non-hydrogen) atoms. The van der Waals surface area contributed by atoms with Gasteiger partial charge in [0.05, 0.1) is 0 Å². The minimum atomic E-state index is -0.0891. The maximum absolute atomic E-state index is 12.8. The number of likely N-dealkylation sites (tertiary alicyclic amines) is 1. The van der Waals surface area contributed by atoms with E-state index in [2.05, 4.69) is 15.5 Å². The third-order valence-electron chi connectivity index (χ3n) is 5.23. The van der Waals surface area contributed by atoms with Crippen LogP contribution in [0.5, 0.6) is 5.75 Å². The third kappa shape index (κ3) is 5.28. The Kier molecular flexibility index (Phi) is 6.26. The molecule has 0 atom stereocenters. The van der Waals surface area contributed by atoms with E-state index in [1.54, 1.807) is 36.1 Å². The molecular formula is C23H24N4O4. The lowest BCUT2D eigenvalue weighted by Crippen LogP contribution is -2.41. The van der Waals surface area contributed by atoms with Crippen molar-refractivity contribution in [2.45, 2.75) is 26.4 Å². The van der Waals surface area contributed by atoms with Crippen molar-refractivity contribution in [2.24, 2.45) is 5.92 Å². The van der Waals surface area contributed by atoms with E-state index in [-0.39, 0.29) is 24.3 Å². The molecule has 4 rings (SSSR count). The summed E-state index contributed by atoms with van der Waals surface area (Å²) in [5, 5.41) is 6.73. The Bertz CT molecular complexity index is 1030. The Morgan fingerprint density at radius 3 is 2.45 bits per heavy atom. The van der Waals surface area contributed by atoms with Crippen molar-refractivity contribution in [2.75, 3.05) is 18.4 Å². The second kappa shape index (κ2) is 9.42. The van der Waals surface area contributed by atoms with Crippen LogP contribution >= 0.6 is 0 Å². The zero-order chi connectivity index (χ0) is 21.6. The Balaban J connectivity index is 1.26. The summed E-state index contributed by atoms with van der Waals surface area (Å²) in [6.07, 6.45) is 1.30. The topological polar surface area (TPSA) is 97.6 Å². The lowest BCUT2D eigenvalue weighted by molar-refractivity contribution is -0.121. The van der Waals surface area contributed by atoms with Crippen LogP contribution in [0.25, 0.3) is 0 Å². The number of aryl methyl sites for hydroxylation is 1. The lowest BCUT2D eigenvalue weighted by atomic mass is 9.95. The number of hydrogen-bond acceptors (Lipinski definition) is 6. The van der Waals surface area contributed by atoms with Gasteiger partial charge in [-0.25, -0.2) is 0 Å². The zero-order valence-electron chi connectivity index (χ0n) is 17.3. The van der Waals surface area contributed by atoms with Crippen molar-refractivity contribution in [1.29, 1.82) is 0 Å². The van der Waals surface area contributed by atoms with Gasteiger partial charge in [0.15, 0.2) is 6.61 Å². The molecule has 2 heterocycles. The Labute approximate surface area is 180 Å². The predicted molar refractivity (Wildman–Crippen MR) is 114 cm³/mol. The number of hydrogen-bond donors (Lipinski definition) is 1. The third-order valence-corrected chi connectivity index (χ3v) is 5.23. The SMILES string of the molecule is Cc1nc(COc2ccc(C(=O)N3CCC(C(=O)Nc4ccccc4)CC3)cc2)no1. The van der Waals surface area contributed by atoms with Crippen molar-refractivity contribution in [3.63, 3.8) is 0 Å². The van der Waals surface area contributed by atoms with E-state index in [1.807, 2.05) is 30.3 Å². The van der Waals surface area contributed by atoms with E-state index in [0.717, 1.165) is 5.69 Å². The van der Waals surface area contributed by atoms with E-state index < -0.39 is 0 Å². The Morgan fingerprint density at radius 2 is 1.81 bits per heavy atom. The van der Waals surface area contributed by atoms with Crippen molar-refractivity contribution in [3.05, 3.63) is 71.9 Å².